The molecule has 0 rings (SSSR count). The molecule has 0 aromatic carbocycles. The van der Waals surface area contributed by atoms with Gasteiger partial charge in [-0.3, -0.25) is 9.59 Å². The maximum Gasteiger partial charge on any atom is 0.408 e. The first kappa shape index (κ1) is 39.0. The molecule has 0 aromatic heterocycles. The number of aliphatic carboxylic acids is 2. The van der Waals surface area contributed by atoms with Gasteiger partial charge in [0.15, 0.2) is 0 Å². The molecule has 8 N–H and O–H groups in total. The number of hydrogen-bond donors (Lipinski definition) is 8. The highest BCUT2D eigenvalue weighted by atomic mass is 32.2. The minimum atomic E-state index is -1.58. The van der Waals surface area contributed by atoms with Crippen LogP contribution in [0.1, 0.15) is 41.5 Å². The Balaban J connectivity index is 5.21. The van der Waals surface area contributed by atoms with Gasteiger partial charge in [0.25, 0.3) is 0 Å². The summed E-state index contributed by atoms with van der Waals surface area (Å²) in [5.74, 6) is -3.86. The van der Waals surface area contributed by atoms with Crippen molar-refractivity contribution in [2.45, 2.75) is 76.9 Å². The molecule has 0 fully saturated rings. The minimum Gasteiger partial charge on any atom is -0.480 e. The number of nitrogens with one attached hydrogen (secondary N) is 4. The van der Waals surface area contributed by atoms with E-state index in [0.717, 1.165) is 0 Å². The van der Waals surface area contributed by atoms with Gasteiger partial charge in [-0.15, -0.1) is 0 Å². The van der Waals surface area contributed by atoms with Crippen molar-refractivity contribution in [3.05, 3.63) is 0 Å². The monoisotopic (exact) mass is 642 g/mol. The van der Waals surface area contributed by atoms with Crippen LogP contribution < -0.4 is 21.3 Å². The number of alkyl carbamates (subject to hydrolysis) is 2. The van der Waals surface area contributed by atoms with E-state index < -0.39 is 84.5 Å². The van der Waals surface area contributed by atoms with E-state index in [9.17, 15) is 39.0 Å². The van der Waals surface area contributed by atoms with E-state index in [1.165, 1.54) is 23.5 Å². The van der Waals surface area contributed by atoms with E-state index in [4.69, 9.17) is 19.7 Å². The molecule has 0 saturated heterocycles. The Hall–Kier alpha value is -2.96. The predicted octanol–water partition coefficient (Wildman–Crippen LogP) is -0.637. The van der Waals surface area contributed by atoms with Crippen LogP contribution in [0.15, 0.2) is 0 Å². The Bertz CT molecular complexity index is 865. The zero-order chi connectivity index (χ0) is 32.7. The van der Waals surface area contributed by atoms with Crippen molar-refractivity contribution in [2.75, 3.05) is 36.2 Å². The summed E-state index contributed by atoms with van der Waals surface area (Å²) < 4.78 is 10.3. The summed E-state index contributed by atoms with van der Waals surface area (Å²) in [7, 11) is 0. The van der Waals surface area contributed by atoms with Crippen LogP contribution in [-0.2, 0) is 28.7 Å². The first-order chi connectivity index (χ1) is 19.3. The molecule has 0 spiro atoms. The first-order valence-corrected chi connectivity index (χ1v) is 15.0. The quantitative estimate of drug-likeness (QED) is 0.0920. The van der Waals surface area contributed by atoms with Crippen molar-refractivity contribution in [3.63, 3.8) is 0 Å². The Morgan fingerprint density at radius 2 is 0.905 bits per heavy atom. The summed E-state index contributed by atoms with van der Waals surface area (Å²) in [5.41, 5.74) is -1.72. The van der Waals surface area contributed by atoms with Crippen LogP contribution in [0.5, 0.6) is 0 Å². The number of carbonyl (C=O) groups is 6. The van der Waals surface area contributed by atoms with Gasteiger partial charge in [0.2, 0.25) is 11.8 Å². The van der Waals surface area contributed by atoms with Gasteiger partial charge in [0.1, 0.15) is 35.4 Å². The Kier molecular flexibility index (Phi) is 17.2. The molecule has 242 valence electrons. The highest BCUT2D eigenvalue weighted by Gasteiger charge is 2.29. The Morgan fingerprint density at radius 1 is 0.595 bits per heavy atom. The van der Waals surface area contributed by atoms with E-state index in [1.54, 1.807) is 41.5 Å². The molecule has 0 heterocycles. The fraction of sp³-hybridized carbons (Fsp3) is 0.750. The van der Waals surface area contributed by atoms with Crippen molar-refractivity contribution in [2.24, 2.45) is 0 Å². The van der Waals surface area contributed by atoms with E-state index in [-0.39, 0.29) is 11.5 Å². The minimum absolute atomic E-state index is 0.000267. The van der Waals surface area contributed by atoms with Crippen molar-refractivity contribution in [1.29, 1.82) is 0 Å². The molecular formula is C24H42N4O12S2. The fourth-order valence-corrected chi connectivity index (χ4v) is 4.92. The lowest BCUT2D eigenvalue weighted by Crippen LogP contribution is -2.54. The van der Waals surface area contributed by atoms with Crippen molar-refractivity contribution in [3.8, 4) is 0 Å². The third-order valence-corrected chi connectivity index (χ3v) is 6.93. The molecule has 0 aromatic rings. The maximum absolute atomic E-state index is 12.6. The van der Waals surface area contributed by atoms with Crippen LogP contribution in [0, 0.1) is 0 Å². The van der Waals surface area contributed by atoms with Gasteiger partial charge in [-0.1, -0.05) is 0 Å². The molecule has 4 atom stereocenters. The van der Waals surface area contributed by atoms with Crippen molar-refractivity contribution in [1.82, 2.24) is 21.3 Å². The van der Waals surface area contributed by atoms with Crippen molar-refractivity contribution < 1.29 is 58.7 Å². The number of aliphatic hydroxyl groups is 2. The molecule has 0 saturated carbocycles. The second-order valence-electron chi connectivity index (χ2n) is 10.7. The molecule has 4 amide bonds. The normalized spacial score (nSPS) is 14.4. The van der Waals surface area contributed by atoms with Gasteiger partial charge in [0, 0.05) is 23.0 Å². The van der Waals surface area contributed by atoms with Gasteiger partial charge < -0.3 is 51.2 Å². The number of carboxylic acids is 2. The summed E-state index contributed by atoms with van der Waals surface area (Å²) in [5, 5.41) is 45.6. The number of hydrogen-bond acceptors (Lipinski definition) is 12. The number of aliphatic hydroxyl groups excluding tert-OH is 2. The van der Waals surface area contributed by atoms with Gasteiger partial charge in [-0.25, -0.2) is 19.2 Å². The van der Waals surface area contributed by atoms with Crippen LogP contribution in [0.25, 0.3) is 0 Å². The largest absolute Gasteiger partial charge is 0.480 e. The highest BCUT2D eigenvalue weighted by Crippen LogP contribution is 2.13. The van der Waals surface area contributed by atoms with Crippen LogP contribution in [-0.4, -0.2) is 128 Å². The summed E-state index contributed by atoms with van der Waals surface area (Å²) in [6.45, 7) is 8.01. The second kappa shape index (κ2) is 18.6. The number of rotatable bonds is 17. The maximum atomic E-state index is 12.6. The zero-order valence-electron chi connectivity index (χ0n) is 24.4. The third kappa shape index (κ3) is 17.8. The van der Waals surface area contributed by atoms with Crippen LogP contribution in [0.3, 0.4) is 0 Å². The lowest BCUT2D eigenvalue weighted by atomic mass is 10.2. The average molecular weight is 643 g/mol. The number of amides is 4. The summed E-state index contributed by atoms with van der Waals surface area (Å²) in [4.78, 5) is 72.1. The van der Waals surface area contributed by atoms with E-state index in [0.29, 0.717) is 11.5 Å². The number of thioether (sulfide) groups is 2. The molecule has 42 heavy (non-hydrogen) atoms. The fourth-order valence-electron chi connectivity index (χ4n) is 2.70. The highest BCUT2D eigenvalue weighted by molar-refractivity contribution is 8.03. The molecule has 0 radical (unpaired) electrons. The van der Waals surface area contributed by atoms with Gasteiger partial charge in [-0.2, -0.15) is 23.5 Å². The topological polar surface area (TPSA) is 250 Å². The Morgan fingerprint density at radius 3 is 1.14 bits per heavy atom. The summed E-state index contributed by atoms with van der Waals surface area (Å²) >= 11 is 2.42. The summed E-state index contributed by atoms with van der Waals surface area (Å²) in [6.07, 6.45) is -1.81. The van der Waals surface area contributed by atoms with E-state index in [1.807, 2.05) is 0 Å². The Labute approximate surface area is 252 Å². The molecule has 16 nitrogen and oxygen atoms in total. The smallest absolute Gasteiger partial charge is 0.408 e. The van der Waals surface area contributed by atoms with Gasteiger partial charge in [0.05, 0.1) is 13.2 Å². The van der Waals surface area contributed by atoms with Crippen LogP contribution >= 0.6 is 23.5 Å². The van der Waals surface area contributed by atoms with E-state index >= 15 is 0 Å². The lowest BCUT2D eigenvalue weighted by Gasteiger charge is -2.24. The van der Waals surface area contributed by atoms with Crippen LogP contribution in [0.4, 0.5) is 9.59 Å². The summed E-state index contributed by atoms with van der Waals surface area (Å²) in [6, 6.07) is -5.56. The predicted molar refractivity (Wildman–Crippen MR) is 154 cm³/mol. The second-order valence-corrected chi connectivity index (χ2v) is 13.0. The molecule has 18 heteroatoms. The van der Waals surface area contributed by atoms with Gasteiger partial charge >= 0.3 is 24.1 Å². The average Bonchev–Trinajstić information content (AvgIpc) is 2.83. The number of ether oxygens (including phenoxy) is 2. The van der Waals surface area contributed by atoms with E-state index in [2.05, 4.69) is 21.3 Å². The van der Waals surface area contributed by atoms with Crippen molar-refractivity contribution >= 4 is 59.5 Å². The molecule has 0 aliphatic carbocycles. The molecule has 0 aliphatic rings. The molecule has 0 bridgehead atoms. The molecular weight excluding hydrogens is 600 g/mol. The number of carbonyl (C=O) groups excluding carboxylic acids is 4. The van der Waals surface area contributed by atoms with Crippen LogP contribution in [0.2, 0.25) is 0 Å². The first-order valence-electron chi connectivity index (χ1n) is 12.7. The lowest BCUT2D eigenvalue weighted by molar-refractivity contribution is -0.143. The third-order valence-electron chi connectivity index (χ3n) is 4.55. The molecule has 0 aliphatic heterocycles. The zero-order valence-corrected chi connectivity index (χ0v) is 26.1. The molecule has 0 unspecified atom stereocenters. The SMILES string of the molecule is CC(C)(C)OC(=O)N[C@@H](CSCCSC[C@H](NC(=O)OC(C)(C)C)C(=O)N[C@@H](CO)C(=O)O)C(=O)N[C@@H](CO)C(=O)O. The number of carboxylic acid groups (broad SMARTS) is 2. The standard InChI is InChI=1S/C24H42N4O12S2/c1-23(2,3)39-21(37)27-15(17(31)25-13(9-29)19(33)34)11-41-7-8-42-12-16(28-22(38)40-24(4,5)6)18(32)26-14(10-30)20(35)36/h13-16,29-30H,7-12H2,1-6H3,(H,25,31)(H,26,32)(H,27,37)(H,28,38)(H,33,34)(H,35,36)/t13-,14-,15-,16-/m0/s1. The van der Waals surface area contributed by atoms with Gasteiger partial charge in [-0.05, 0) is 41.5 Å².